The molecule has 3 N–H and O–H groups in total. The van der Waals surface area contributed by atoms with Crippen molar-refractivity contribution in [2.45, 2.75) is 89.1 Å². The molecule has 0 saturated carbocycles. The number of carbonyl (C=O) groups excluding carboxylic acids is 4. The first-order chi connectivity index (χ1) is 16.9. The summed E-state index contributed by atoms with van der Waals surface area (Å²) in [6.45, 7) is 3.16. The van der Waals surface area contributed by atoms with E-state index in [-0.39, 0.29) is 0 Å². The summed E-state index contributed by atoms with van der Waals surface area (Å²) >= 11 is 0. The SMILES string of the molecule is CO[C@H]1O[C@H](CO)[C@@H](O)[C@H](O[C@@H]2O[C@H](COC(C)=O)[C@@H](OC(C)=O)[C@H](OC(C)=O)[C@H]2OC(C)=O)[C@@H]1O. The fraction of sp³-hybridized carbons (Fsp3) is 0.810. The second-order valence-corrected chi connectivity index (χ2v) is 8.11. The Balaban J connectivity index is 2.48. The molecule has 206 valence electrons. The number of hydrogen-bond donors (Lipinski definition) is 3. The molecule has 2 fully saturated rings. The molecule has 0 aromatic carbocycles. The second-order valence-electron chi connectivity index (χ2n) is 8.11. The minimum Gasteiger partial charge on any atom is -0.463 e. The highest BCUT2D eigenvalue weighted by atomic mass is 16.8. The van der Waals surface area contributed by atoms with Gasteiger partial charge < -0.3 is 53.2 Å². The largest absolute Gasteiger partial charge is 0.463 e. The lowest BCUT2D eigenvalue weighted by atomic mass is 9.96. The van der Waals surface area contributed by atoms with Crippen LogP contribution < -0.4 is 0 Å². The van der Waals surface area contributed by atoms with Crippen LogP contribution >= 0.6 is 0 Å². The molecule has 0 amide bonds. The highest BCUT2D eigenvalue weighted by Crippen LogP contribution is 2.33. The third-order valence-corrected chi connectivity index (χ3v) is 5.29. The quantitative estimate of drug-likeness (QED) is 0.211. The van der Waals surface area contributed by atoms with Crippen LogP contribution in [-0.4, -0.2) is 121 Å². The Morgan fingerprint density at radius 3 is 1.72 bits per heavy atom. The maximum atomic E-state index is 11.9. The van der Waals surface area contributed by atoms with E-state index in [9.17, 15) is 34.5 Å². The highest BCUT2D eigenvalue weighted by molar-refractivity contribution is 5.68. The fourth-order valence-corrected chi connectivity index (χ4v) is 3.86. The van der Waals surface area contributed by atoms with Crippen molar-refractivity contribution in [2.75, 3.05) is 20.3 Å². The molecule has 0 aromatic heterocycles. The lowest BCUT2D eigenvalue weighted by molar-refractivity contribution is -0.359. The molecule has 2 aliphatic heterocycles. The summed E-state index contributed by atoms with van der Waals surface area (Å²) in [5.41, 5.74) is 0. The minimum absolute atomic E-state index is 0.490. The Morgan fingerprint density at radius 2 is 1.22 bits per heavy atom. The van der Waals surface area contributed by atoms with Crippen LogP contribution in [0.4, 0.5) is 0 Å². The average Bonchev–Trinajstić information content (AvgIpc) is 2.78. The van der Waals surface area contributed by atoms with Gasteiger partial charge in [0.25, 0.3) is 0 Å². The zero-order valence-corrected chi connectivity index (χ0v) is 20.4. The van der Waals surface area contributed by atoms with Crippen LogP contribution in [0.1, 0.15) is 27.7 Å². The van der Waals surface area contributed by atoms with Gasteiger partial charge in [-0.15, -0.1) is 0 Å². The van der Waals surface area contributed by atoms with Crippen LogP contribution in [0, 0.1) is 0 Å². The summed E-state index contributed by atoms with van der Waals surface area (Å²) in [7, 11) is 1.21. The van der Waals surface area contributed by atoms with Gasteiger partial charge >= 0.3 is 23.9 Å². The highest BCUT2D eigenvalue weighted by Gasteiger charge is 2.55. The lowest BCUT2D eigenvalue weighted by Gasteiger charge is -2.47. The lowest BCUT2D eigenvalue weighted by Crippen LogP contribution is -2.66. The monoisotopic (exact) mass is 524 g/mol. The zero-order chi connectivity index (χ0) is 27.2. The predicted molar refractivity (Wildman–Crippen MR) is 112 cm³/mol. The molecular weight excluding hydrogens is 492 g/mol. The third-order valence-electron chi connectivity index (χ3n) is 5.29. The first-order valence-electron chi connectivity index (χ1n) is 11.0. The van der Waals surface area contributed by atoms with Gasteiger partial charge in [0.2, 0.25) is 0 Å². The zero-order valence-electron chi connectivity index (χ0n) is 20.4. The normalized spacial score (nSPS) is 36.4. The van der Waals surface area contributed by atoms with Crippen molar-refractivity contribution in [1.29, 1.82) is 0 Å². The first kappa shape index (κ1) is 29.8. The molecule has 0 radical (unpaired) electrons. The van der Waals surface area contributed by atoms with Gasteiger partial charge in [0.05, 0.1) is 6.61 Å². The van der Waals surface area contributed by atoms with Crippen molar-refractivity contribution in [2.24, 2.45) is 0 Å². The van der Waals surface area contributed by atoms with Gasteiger partial charge in [-0.3, -0.25) is 19.2 Å². The summed E-state index contributed by atoms with van der Waals surface area (Å²) in [5, 5.41) is 30.8. The Labute approximate surface area is 206 Å². The van der Waals surface area contributed by atoms with Gasteiger partial charge in [-0.05, 0) is 0 Å². The second kappa shape index (κ2) is 13.2. The maximum absolute atomic E-state index is 11.9. The summed E-state index contributed by atoms with van der Waals surface area (Å²) in [6.07, 6.45) is -14.7. The molecule has 36 heavy (non-hydrogen) atoms. The Bertz CT molecular complexity index is 771. The predicted octanol–water partition coefficient (Wildman–Crippen LogP) is -2.46. The summed E-state index contributed by atoms with van der Waals surface area (Å²) in [4.78, 5) is 47.0. The van der Waals surface area contributed by atoms with Crippen molar-refractivity contribution in [3.63, 3.8) is 0 Å². The average molecular weight is 524 g/mol. The van der Waals surface area contributed by atoms with Gasteiger partial charge in [0, 0.05) is 34.8 Å². The summed E-state index contributed by atoms with van der Waals surface area (Å²) in [6, 6.07) is 0. The summed E-state index contributed by atoms with van der Waals surface area (Å²) in [5.74, 6) is -3.20. The molecule has 0 aliphatic carbocycles. The fourth-order valence-electron chi connectivity index (χ4n) is 3.86. The maximum Gasteiger partial charge on any atom is 0.303 e. The van der Waals surface area contributed by atoms with E-state index >= 15 is 0 Å². The van der Waals surface area contributed by atoms with Crippen LogP contribution in [0.25, 0.3) is 0 Å². The molecular formula is C21H32O15. The molecule has 2 aliphatic rings. The van der Waals surface area contributed by atoms with Crippen molar-refractivity contribution in [3.8, 4) is 0 Å². The topological polar surface area (TPSA) is 203 Å². The van der Waals surface area contributed by atoms with Crippen molar-refractivity contribution in [3.05, 3.63) is 0 Å². The van der Waals surface area contributed by atoms with Crippen LogP contribution in [-0.2, 0) is 57.1 Å². The van der Waals surface area contributed by atoms with Gasteiger partial charge in [0.1, 0.15) is 37.1 Å². The van der Waals surface area contributed by atoms with Gasteiger partial charge in [-0.25, -0.2) is 0 Å². The molecule has 0 aromatic rings. The number of ether oxygens (including phenoxy) is 8. The molecule has 15 nitrogen and oxygen atoms in total. The van der Waals surface area contributed by atoms with Gasteiger partial charge in [-0.2, -0.15) is 0 Å². The van der Waals surface area contributed by atoms with Gasteiger partial charge in [0.15, 0.2) is 30.9 Å². The number of methoxy groups -OCH3 is 1. The van der Waals surface area contributed by atoms with Crippen LogP contribution in [0.2, 0.25) is 0 Å². The van der Waals surface area contributed by atoms with E-state index in [2.05, 4.69) is 0 Å². The van der Waals surface area contributed by atoms with Crippen molar-refractivity contribution < 1.29 is 72.4 Å². The Hall–Kier alpha value is -2.40. The van der Waals surface area contributed by atoms with E-state index in [4.69, 9.17) is 37.9 Å². The summed E-state index contributed by atoms with van der Waals surface area (Å²) < 4.78 is 42.7. The number of aliphatic hydroxyl groups is 3. The van der Waals surface area contributed by atoms with Crippen molar-refractivity contribution >= 4 is 23.9 Å². The number of carbonyl (C=O) groups is 4. The molecule has 2 saturated heterocycles. The first-order valence-corrected chi connectivity index (χ1v) is 11.0. The van der Waals surface area contributed by atoms with E-state index in [1.807, 2.05) is 0 Å². The number of hydrogen-bond acceptors (Lipinski definition) is 15. The number of esters is 4. The van der Waals surface area contributed by atoms with E-state index in [1.54, 1.807) is 0 Å². The van der Waals surface area contributed by atoms with Crippen LogP contribution in [0.5, 0.6) is 0 Å². The van der Waals surface area contributed by atoms with E-state index < -0.39 is 98.5 Å². The number of aliphatic hydroxyl groups excluding tert-OH is 3. The molecule has 0 bridgehead atoms. The van der Waals surface area contributed by atoms with Crippen molar-refractivity contribution in [1.82, 2.24) is 0 Å². The Kier molecular flexibility index (Phi) is 11.0. The standard InChI is InChI=1S/C21H32O15/c1-8(23)30-7-13-16(31-9(2)24)18(32-10(3)25)19(33-11(4)26)21(35-13)36-17-14(27)12(6-22)34-20(29-5)15(17)28/h12-22,27-28H,6-7H2,1-5H3/t12-,13-,14-,15+,16-,17+,18+,19-,20+,21+/m1/s1. The molecule has 10 atom stereocenters. The van der Waals surface area contributed by atoms with Gasteiger partial charge in [-0.1, -0.05) is 0 Å². The Morgan fingerprint density at radius 1 is 0.694 bits per heavy atom. The minimum atomic E-state index is -1.66. The van der Waals surface area contributed by atoms with E-state index in [0.29, 0.717) is 0 Å². The van der Waals surface area contributed by atoms with E-state index in [1.165, 1.54) is 7.11 Å². The third kappa shape index (κ3) is 7.55. The van der Waals surface area contributed by atoms with Crippen LogP contribution in [0.3, 0.4) is 0 Å². The van der Waals surface area contributed by atoms with Crippen LogP contribution in [0.15, 0.2) is 0 Å². The molecule has 0 unspecified atom stereocenters. The molecule has 2 rings (SSSR count). The smallest absolute Gasteiger partial charge is 0.303 e. The molecule has 0 spiro atoms. The molecule has 2 heterocycles. The number of rotatable bonds is 9. The molecule has 15 heteroatoms. The van der Waals surface area contributed by atoms with E-state index in [0.717, 1.165) is 27.7 Å².